The van der Waals surface area contributed by atoms with E-state index < -0.39 is 0 Å². The lowest BCUT2D eigenvalue weighted by molar-refractivity contribution is 0.669. The predicted octanol–water partition coefficient (Wildman–Crippen LogP) is 15.1. The minimum Gasteiger partial charge on any atom is -0.456 e. The first-order valence-corrected chi connectivity index (χ1v) is 21.1. The van der Waals surface area contributed by atoms with Crippen molar-refractivity contribution in [2.24, 2.45) is 0 Å². The van der Waals surface area contributed by atoms with E-state index in [0.29, 0.717) is 17.5 Å². The lowest BCUT2D eigenvalue weighted by Crippen LogP contribution is -2.00. The third-order valence-electron chi connectivity index (χ3n) is 11.9. The van der Waals surface area contributed by atoms with Crippen molar-refractivity contribution < 1.29 is 4.42 Å². The van der Waals surface area contributed by atoms with Gasteiger partial charge in [-0.15, -0.1) is 0 Å². The summed E-state index contributed by atoms with van der Waals surface area (Å²) in [4.78, 5) is 20.7. The molecule has 0 radical (unpaired) electrons. The standard InChI is InChI=1S/C58H36N4O/c1-4-13-37(14-5-1)39-23-27-42(28-24-39)56-60-57(43-29-25-40(26-30-43)38-15-6-2-7-16-38)62-58(61-56)46-20-12-19-44(35-46)45-31-32-47-50(36-45)59-55(41-17-8-3-9-18-41)49-33-34-52-54(53(47)49)48-21-10-11-22-51(48)63-52/h1-36H. The van der Waals surface area contributed by atoms with E-state index in [-0.39, 0.29) is 0 Å². The van der Waals surface area contributed by atoms with Crippen molar-refractivity contribution in [1.29, 1.82) is 0 Å². The Kier molecular flexibility index (Phi) is 8.75. The summed E-state index contributed by atoms with van der Waals surface area (Å²) in [6.45, 7) is 0. The number of nitrogens with zero attached hydrogens (tertiary/aromatic N) is 4. The van der Waals surface area contributed by atoms with E-state index in [1.807, 2.05) is 30.3 Å². The van der Waals surface area contributed by atoms with Gasteiger partial charge in [0.15, 0.2) is 17.5 Å². The van der Waals surface area contributed by atoms with Gasteiger partial charge in [-0.25, -0.2) is 19.9 Å². The van der Waals surface area contributed by atoms with E-state index in [1.54, 1.807) is 0 Å². The lowest BCUT2D eigenvalue weighted by Gasteiger charge is -2.13. The Morgan fingerprint density at radius 1 is 0.254 bits per heavy atom. The summed E-state index contributed by atoms with van der Waals surface area (Å²) in [5, 5.41) is 5.50. The fourth-order valence-electron chi connectivity index (χ4n) is 8.79. The van der Waals surface area contributed by atoms with Gasteiger partial charge >= 0.3 is 0 Å². The number of hydrogen-bond donors (Lipinski definition) is 0. The third-order valence-corrected chi connectivity index (χ3v) is 11.9. The van der Waals surface area contributed by atoms with Crippen molar-refractivity contribution in [2.45, 2.75) is 0 Å². The average molecular weight is 805 g/mol. The zero-order valence-corrected chi connectivity index (χ0v) is 34.0. The number of furan rings is 1. The maximum Gasteiger partial charge on any atom is 0.164 e. The molecule has 5 nitrogen and oxygen atoms in total. The zero-order chi connectivity index (χ0) is 41.7. The van der Waals surface area contributed by atoms with E-state index in [9.17, 15) is 0 Å². The molecule has 0 saturated carbocycles. The highest BCUT2D eigenvalue weighted by atomic mass is 16.3. The highest BCUT2D eigenvalue weighted by molar-refractivity contribution is 6.28. The van der Waals surface area contributed by atoms with Crippen molar-refractivity contribution >= 4 is 43.6 Å². The van der Waals surface area contributed by atoms with Crippen LogP contribution in [0.5, 0.6) is 0 Å². The molecule has 3 aromatic heterocycles. The Balaban J connectivity index is 0.991. The molecule has 0 fully saturated rings. The molecule has 12 aromatic rings. The molecule has 294 valence electrons. The molecule has 0 aliphatic rings. The summed E-state index contributed by atoms with van der Waals surface area (Å²) in [5.74, 6) is 1.82. The number of aromatic nitrogens is 4. The van der Waals surface area contributed by atoms with Crippen LogP contribution in [-0.4, -0.2) is 19.9 Å². The van der Waals surface area contributed by atoms with Crippen molar-refractivity contribution in [3.8, 4) is 78.8 Å². The highest BCUT2D eigenvalue weighted by Gasteiger charge is 2.19. The summed E-state index contributed by atoms with van der Waals surface area (Å²) in [5.41, 5.74) is 14.0. The van der Waals surface area contributed by atoms with E-state index >= 15 is 0 Å². The van der Waals surface area contributed by atoms with E-state index in [0.717, 1.165) is 105 Å². The van der Waals surface area contributed by atoms with Gasteiger partial charge in [-0.05, 0) is 63.7 Å². The van der Waals surface area contributed by atoms with Crippen LogP contribution in [0.25, 0.3) is 122 Å². The van der Waals surface area contributed by atoms with E-state index in [2.05, 4.69) is 188 Å². The van der Waals surface area contributed by atoms with Gasteiger partial charge in [-0.3, -0.25) is 0 Å². The number of benzene rings is 9. The first-order chi connectivity index (χ1) is 31.2. The van der Waals surface area contributed by atoms with Crippen LogP contribution in [-0.2, 0) is 0 Å². The zero-order valence-electron chi connectivity index (χ0n) is 34.0. The molecule has 0 unspecified atom stereocenters. The third kappa shape index (κ3) is 6.60. The fraction of sp³-hybridized carbons (Fsp3) is 0. The van der Waals surface area contributed by atoms with Crippen molar-refractivity contribution in [2.75, 3.05) is 0 Å². The Labute approximate surface area is 363 Å². The highest BCUT2D eigenvalue weighted by Crippen LogP contribution is 2.42. The van der Waals surface area contributed by atoms with Gasteiger partial charge in [0.2, 0.25) is 0 Å². The monoisotopic (exact) mass is 804 g/mol. The summed E-state index contributed by atoms with van der Waals surface area (Å²) in [7, 11) is 0. The number of pyridine rings is 1. The van der Waals surface area contributed by atoms with Crippen molar-refractivity contribution in [1.82, 2.24) is 19.9 Å². The summed E-state index contributed by atoms with van der Waals surface area (Å²) in [6, 6.07) is 75.7. The summed E-state index contributed by atoms with van der Waals surface area (Å²) in [6.07, 6.45) is 0. The Morgan fingerprint density at radius 2 is 0.714 bits per heavy atom. The smallest absolute Gasteiger partial charge is 0.164 e. The average Bonchev–Trinajstić information content (AvgIpc) is 3.76. The van der Waals surface area contributed by atoms with Crippen LogP contribution < -0.4 is 0 Å². The van der Waals surface area contributed by atoms with Crippen LogP contribution in [0.4, 0.5) is 0 Å². The van der Waals surface area contributed by atoms with Crippen LogP contribution >= 0.6 is 0 Å². The van der Waals surface area contributed by atoms with Crippen LogP contribution in [0, 0.1) is 0 Å². The molecule has 0 saturated heterocycles. The summed E-state index contributed by atoms with van der Waals surface area (Å²) >= 11 is 0. The SMILES string of the molecule is c1ccc(-c2ccc(-c3nc(-c4ccc(-c5ccccc5)cc4)nc(-c4cccc(-c5ccc6c(c5)nc(-c5ccccc5)c5ccc7oc8ccccc8c7c56)c4)n3)cc2)cc1. The topological polar surface area (TPSA) is 64.7 Å². The molecular formula is C58H36N4O. The molecule has 0 aliphatic carbocycles. The van der Waals surface area contributed by atoms with Crippen LogP contribution in [0.15, 0.2) is 223 Å². The number of para-hydroxylation sites is 1. The predicted molar refractivity (Wildman–Crippen MR) is 258 cm³/mol. The van der Waals surface area contributed by atoms with Crippen LogP contribution in [0.2, 0.25) is 0 Å². The quantitative estimate of drug-likeness (QED) is 0.150. The molecule has 63 heavy (non-hydrogen) atoms. The van der Waals surface area contributed by atoms with Gasteiger partial charge in [0.1, 0.15) is 11.2 Å². The molecule has 0 atom stereocenters. The largest absolute Gasteiger partial charge is 0.456 e. The molecule has 3 heterocycles. The van der Waals surface area contributed by atoms with Gasteiger partial charge in [0, 0.05) is 49.2 Å². The Bertz CT molecular complexity index is 3540. The Hall–Kier alpha value is -8.54. The van der Waals surface area contributed by atoms with Gasteiger partial charge < -0.3 is 4.42 Å². The molecular weight excluding hydrogens is 769 g/mol. The van der Waals surface area contributed by atoms with E-state index in [4.69, 9.17) is 24.4 Å². The summed E-state index contributed by atoms with van der Waals surface area (Å²) < 4.78 is 6.39. The second-order valence-electron chi connectivity index (χ2n) is 15.8. The molecule has 0 spiro atoms. The molecule has 9 aromatic carbocycles. The first kappa shape index (κ1) is 36.3. The van der Waals surface area contributed by atoms with Crippen molar-refractivity contribution in [3.05, 3.63) is 218 Å². The number of fused-ring (bicyclic) bond motifs is 7. The number of hydrogen-bond acceptors (Lipinski definition) is 5. The maximum atomic E-state index is 6.39. The lowest BCUT2D eigenvalue weighted by atomic mass is 9.94. The molecule has 0 N–H and O–H groups in total. The normalized spacial score (nSPS) is 11.5. The molecule has 0 aliphatic heterocycles. The second kappa shape index (κ2) is 15.2. The second-order valence-corrected chi connectivity index (χ2v) is 15.8. The molecule has 12 rings (SSSR count). The molecule has 0 amide bonds. The van der Waals surface area contributed by atoms with E-state index in [1.165, 1.54) is 0 Å². The number of rotatable bonds is 7. The van der Waals surface area contributed by atoms with Crippen molar-refractivity contribution in [3.63, 3.8) is 0 Å². The van der Waals surface area contributed by atoms with Crippen LogP contribution in [0.1, 0.15) is 0 Å². The van der Waals surface area contributed by atoms with Crippen LogP contribution in [0.3, 0.4) is 0 Å². The first-order valence-electron chi connectivity index (χ1n) is 21.1. The Morgan fingerprint density at radius 3 is 1.35 bits per heavy atom. The van der Waals surface area contributed by atoms with Gasteiger partial charge in [0.05, 0.1) is 11.2 Å². The fourth-order valence-corrected chi connectivity index (χ4v) is 8.79. The maximum absolute atomic E-state index is 6.39. The van der Waals surface area contributed by atoms with Gasteiger partial charge in [0.25, 0.3) is 0 Å². The molecule has 0 bridgehead atoms. The minimum atomic E-state index is 0.599. The van der Waals surface area contributed by atoms with Gasteiger partial charge in [-0.1, -0.05) is 188 Å². The van der Waals surface area contributed by atoms with Gasteiger partial charge in [-0.2, -0.15) is 0 Å². The minimum absolute atomic E-state index is 0.599. The molecule has 5 heteroatoms.